The van der Waals surface area contributed by atoms with Gasteiger partial charge in [0.2, 0.25) is 0 Å². The summed E-state index contributed by atoms with van der Waals surface area (Å²) < 4.78 is 4.51. The molecule has 3 nitrogen and oxygen atoms in total. The maximum absolute atomic E-state index is 10.9. The molecule has 0 aliphatic heterocycles. The van der Waals surface area contributed by atoms with Crippen LogP contribution < -0.4 is 5.73 Å². The van der Waals surface area contributed by atoms with Gasteiger partial charge < -0.3 is 10.5 Å². The van der Waals surface area contributed by atoms with E-state index >= 15 is 0 Å². The van der Waals surface area contributed by atoms with E-state index < -0.39 is 6.04 Å². The van der Waals surface area contributed by atoms with Crippen LogP contribution in [0.5, 0.6) is 0 Å². The van der Waals surface area contributed by atoms with Crippen molar-refractivity contribution < 1.29 is 9.53 Å². The zero-order chi connectivity index (χ0) is 9.78. The number of hydrogen-bond donors (Lipinski definition) is 1. The first kappa shape index (κ1) is 11.4. The molecule has 0 aromatic heterocycles. The number of carbonyl (C=O) groups excluding carboxylic acids is 1. The second kappa shape index (κ2) is 4.45. The fraction of sp³-hybridized carbons (Fsp3) is 0.889. The van der Waals surface area contributed by atoms with Crippen LogP contribution in [0.15, 0.2) is 0 Å². The second-order valence-electron chi connectivity index (χ2n) is 4.23. The summed E-state index contributed by atoms with van der Waals surface area (Å²) in [5, 5.41) is 0. The van der Waals surface area contributed by atoms with Crippen LogP contribution in [0.3, 0.4) is 0 Å². The van der Waals surface area contributed by atoms with E-state index in [-0.39, 0.29) is 11.4 Å². The van der Waals surface area contributed by atoms with Crippen LogP contribution in [0, 0.1) is 5.41 Å². The van der Waals surface area contributed by atoms with E-state index in [0.717, 1.165) is 6.42 Å². The van der Waals surface area contributed by atoms with Crippen molar-refractivity contribution in [2.45, 2.75) is 39.7 Å². The fourth-order valence-electron chi connectivity index (χ4n) is 0.858. The summed E-state index contributed by atoms with van der Waals surface area (Å²) in [4.78, 5) is 10.9. The zero-order valence-corrected chi connectivity index (χ0v) is 8.39. The van der Waals surface area contributed by atoms with Crippen molar-refractivity contribution in [2.75, 3.05) is 7.11 Å². The van der Waals surface area contributed by atoms with E-state index in [1.54, 1.807) is 0 Å². The highest BCUT2D eigenvalue weighted by Gasteiger charge is 2.17. The molecule has 0 spiro atoms. The number of nitrogens with two attached hydrogens (primary N) is 1. The highest BCUT2D eigenvalue weighted by Crippen LogP contribution is 2.21. The maximum Gasteiger partial charge on any atom is 0.322 e. The molecule has 72 valence electrons. The molecular weight excluding hydrogens is 154 g/mol. The van der Waals surface area contributed by atoms with Gasteiger partial charge in [0.25, 0.3) is 0 Å². The molecule has 0 heterocycles. The summed E-state index contributed by atoms with van der Waals surface area (Å²) in [6.07, 6.45) is 1.62. The minimum absolute atomic E-state index is 0.228. The van der Waals surface area contributed by atoms with Crippen molar-refractivity contribution in [1.82, 2.24) is 0 Å². The molecule has 2 N–H and O–H groups in total. The third kappa shape index (κ3) is 5.13. The largest absolute Gasteiger partial charge is 0.468 e. The molecule has 0 aromatic rings. The van der Waals surface area contributed by atoms with Gasteiger partial charge in [-0.1, -0.05) is 20.8 Å². The van der Waals surface area contributed by atoms with Gasteiger partial charge >= 0.3 is 5.97 Å². The lowest BCUT2D eigenvalue weighted by atomic mass is 9.89. The smallest absolute Gasteiger partial charge is 0.322 e. The molecular formula is C9H19NO2. The molecule has 0 amide bonds. The molecule has 0 aliphatic carbocycles. The van der Waals surface area contributed by atoms with E-state index in [4.69, 9.17) is 5.73 Å². The Kier molecular flexibility index (Phi) is 4.24. The van der Waals surface area contributed by atoms with Crippen molar-refractivity contribution in [3.05, 3.63) is 0 Å². The highest BCUT2D eigenvalue weighted by atomic mass is 16.5. The minimum atomic E-state index is -0.464. The third-order valence-corrected chi connectivity index (χ3v) is 1.71. The Morgan fingerprint density at radius 3 is 2.33 bits per heavy atom. The van der Waals surface area contributed by atoms with Gasteiger partial charge in [-0.15, -0.1) is 0 Å². The molecule has 12 heavy (non-hydrogen) atoms. The van der Waals surface area contributed by atoms with Crippen LogP contribution in [0.2, 0.25) is 0 Å². The van der Waals surface area contributed by atoms with E-state index in [2.05, 4.69) is 25.5 Å². The molecule has 3 heteroatoms. The van der Waals surface area contributed by atoms with Crippen LogP contribution in [0.4, 0.5) is 0 Å². The Hall–Kier alpha value is -0.570. The van der Waals surface area contributed by atoms with Crippen molar-refractivity contribution in [3.63, 3.8) is 0 Å². The third-order valence-electron chi connectivity index (χ3n) is 1.71. The first-order valence-electron chi connectivity index (χ1n) is 4.20. The number of methoxy groups -OCH3 is 1. The molecule has 1 atom stereocenters. The summed E-state index contributed by atoms with van der Waals surface area (Å²) in [6, 6.07) is -0.464. The Bertz CT molecular complexity index is 149. The Balaban J connectivity index is 3.72. The Labute approximate surface area is 74.3 Å². The molecule has 0 saturated carbocycles. The first-order valence-corrected chi connectivity index (χ1v) is 4.20. The normalized spacial score (nSPS) is 14.1. The van der Waals surface area contributed by atoms with Gasteiger partial charge in [0, 0.05) is 0 Å². The fourth-order valence-corrected chi connectivity index (χ4v) is 0.858. The number of carbonyl (C=O) groups is 1. The van der Waals surface area contributed by atoms with Crippen molar-refractivity contribution >= 4 is 5.97 Å². The number of rotatable bonds is 3. The van der Waals surface area contributed by atoms with Gasteiger partial charge in [-0.25, -0.2) is 0 Å². The minimum Gasteiger partial charge on any atom is -0.468 e. The first-order chi connectivity index (χ1) is 5.37. The molecule has 0 aliphatic rings. The van der Waals surface area contributed by atoms with Crippen LogP contribution in [-0.2, 0) is 9.53 Å². The van der Waals surface area contributed by atoms with Crippen LogP contribution in [0.25, 0.3) is 0 Å². The number of ether oxygens (including phenoxy) is 1. The standard InChI is InChI=1S/C9H19NO2/c1-9(2,3)6-5-7(10)8(11)12-4/h7H,5-6,10H2,1-4H3. The van der Waals surface area contributed by atoms with E-state index in [9.17, 15) is 4.79 Å². The molecule has 0 radical (unpaired) electrons. The lowest BCUT2D eigenvalue weighted by Gasteiger charge is -2.19. The summed E-state index contributed by atoms with van der Waals surface area (Å²) in [7, 11) is 1.36. The van der Waals surface area contributed by atoms with Crippen LogP contribution in [0.1, 0.15) is 33.6 Å². The van der Waals surface area contributed by atoms with Gasteiger partial charge in [-0.05, 0) is 18.3 Å². The van der Waals surface area contributed by atoms with Gasteiger partial charge in [0.1, 0.15) is 6.04 Å². The average Bonchev–Trinajstić information content (AvgIpc) is 1.97. The Morgan fingerprint density at radius 1 is 1.50 bits per heavy atom. The van der Waals surface area contributed by atoms with Crippen molar-refractivity contribution in [3.8, 4) is 0 Å². The Morgan fingerprint density at radius 2 is 2.00 bits per heavy atom. The molecule has 0 aromatic carbocycles. The van der Waals surface area contributed by atoms with E-state index in [1.807, 2.05) is 0 Å². The summed E-state index contributed by atoms with van der Waals surface area (Å²) in [5.74, 6) is -0.320. The van der Waals surface area contributed by atoms with Crippen molar-refractivity contribution in [1.29, 1.82) is 0 Å². The predicted molar refractivity (Wildman–Crippen MR) is 48.7 cm³/mol. The molecule has 0 saturated heterocycles. The van der Waals surface area contributed by atoms with Gasteiger partial charge in [0.05, 0.1) is 7.11 Å². The SMILES string of the molecule is COC(=O)C(N)CCC(C)(C)C. The molecule has 0 bridgehead atoms. The van der Waals surface area contributed by atoms with Crippen LogP contribution in [-0.4, -0.2) is 19.1 Å². The topological polar surface area (TPSA) is 52.3 Å². The second-order valence-corrected chi connectivity index (χ2v) is 4.23. The lowest BCUT2D eigenvalue weighted by molar-refractivity contribution is -0.142. The predicted octanol–water partition coefficient (Wildman–Crippen LogP) is 1.31. The number of hydrogen-bond acceptors (Lipinski definition) is 3. The van der Waals surface area contributed by atoms with Crippen molar-refractivity contribution in [2.24, 2.45) is 11.1 Å². The monoisotopic (exact) mass is 173 g/mol. The quantitative estimate of drug-likeness (QED) is 0.655. The van der Waals surface area contributed by atoms with Gasteiger partial charge in [-0.3, -0.25) is 4.79 Å². The summed E-state index contributed by atoms with van der Waals surface area (Å²) >= 11 is 0. The van der Waals surface area contributed by atoms with E-state index in [0.29, 0.717) is 6.42 Å². The summed E-state index contributed by atoms with van der Waals surface area (Å²) in [5.41, 5.74) is 5.79. The van der Waals surface area contributed by atoms with Gasteiger partial charge in [0.15, 0.2) is 0 Å². The van der Waals surface area contributed by atoms with Gasteiger partial charge in [-0.2, -0.15) is 0 Å². The summed E-state index contributed by atoms with van der Waals surface area (Å²) in [6.45, 7) is 6.37. The highest BCUT2D eigenvalue weighted by molar-refractivity contribution is 5.75. The molecule has 0 fully saturated rings. The van der Waals surface area contributed by atoms with E-state index in [1.165, 1.54) is 7.11 Å². The molecule has 0 rings (SSSR count). The average molecular weight is 173 g/mol. The maximum atomic E-state index is 10.9. The number of esters is 1. The molecule has 1 unspecified atom stereocenters. The lowest BCUT2D eigenvalue weighted by Crippen LogP contribution is -2.32. The zero-order valence-electron chi connectivity index (χ0n) is 8.39. The van der Waals surface area contributed by atoms with Crippen LogP contribution >= 0.6 is 0 Å².